The topological polar surface area (TPSA) is 54.2 Å². The molecular weight excluding hydrogens is 274 g/mol. The Morgan fingerprint density at radius 2 is 2.18 bits per heavy atom. The number of benzene rings is 1. The Balaban J connectivity index is 1.49. The van der Waals surface area contributed by atoms with Gasteiger partial charge in [0.25, 0.3) is 0 Å². The van der Waals surface area contributed by atoms with E-state index in [0.717, 1.165) is 38.3 Å². The highest BCUT2D eigenvalue weighted by Crippen LogP contribution is 2.20. The third-order valence-corrected chi connectivity index (χ3v) is 4.10. The second-order valence-corrected chi connectivity index (χ2v) is 5.62. The van der Waals surface area contributed by atoms with E-state index in [4.69, 9.17) is 0 Å². The van der Waals surface area contributed by atoms with Gasteiger partial charge in [-0.25, -0.2) is 0 Å². The monoisotopic (exact) mass is 297 g/mol. The predicted molar refractivity (Wildman–Crippen MR) is 89.0 cm³/mol. The number of hydrogen-bond donors (Lipinski definition) is 2. The van der Waals surface area contributed by atoms with Gasteiger partial charge in [-0.3, -0.25) is 9.67 Å². The van der Waals surface area contributed by atoms with Crippen molar-refractivity contribution < 1.29 is 0 Å². The van der Waals surface area contributed by atoms with E-state index >= 15 is 0 Å². The van der Waals surface area contributed by atoms with Gasteiger partial charge < -0.3 is 10.6 Å². The minimum atomic E-state index is 0.450. The fraction of sp³-hybridized carbons (Fsp3) is 0.412. The van der Waals surface area contributed by atoms with Gasteiger partial charge >= 0.3 is 0 Å². The summed E-state index contributed by atoms with van der Waals surface area (Å²) in [6.45, 7) is 1.64. The smallest absolute Gasteiger partial charge is 0.191 e. The molecule has 22 heavy (non-hydrogen) atoms. The molecule has 0 aliphatic heterocycles. The number of nitrogens with one attached hydrogen (secondary N) is 2. The average molecular weight is 297 g/mol. The van der Waals surface area contributed by atoms with Crippen molar-refractivity contribution >= 4 is 5.96 Å². The number of rotatable bonds is 4. The lowest BCUT2D eigenvalue weighted by Crippen LogP contribution is -2.46. The summed E-state index contributed by atoms with van der Waals surface area (Å²) in [6.07, 6.45) is 7.12. The molecule has 0 saturated carbocycles. The molecule has 1 heterocycles. The first kappa shape index (κ1) is 14.6. The van der Waals surface area contributed by atoms with Crippen LogP contribution in [-0.4, -0.2) is 35.4 Å². The van der Waals surface area contributed by atoms with E-state index in [1.807, 2.05) is 24.0 Å². The lowest BCUT2D eigenvalue weighted by Gasteiger charge is -2.27. The summed E-state index contributed by atoms with van der Waals surface area (Å²) in [4.78, 5) is 4.32. The maximum atomic E-state index is 4.32. The molecule has 0 bridgehead atoms. The van der Waals surface area contributed by atoms with Gasteiger partial charge in [0.2, 0.25) is 0 Å². The first-order valence-electron chi connectivity index (χ1n) is 7.86. The van der Waals surface area contributed by atoms with Crippen molar-refractivity contribution in [3.63, 3.8) is 0 Å². The van der Waals surface area contributed by atoms with Crippen LogP contribution in [0.3, 0.4) is 0 Å². The molecule has 5 nitrogen and oxygen atoms in total. The van der Waals surface area contributed by atoms with Crippen LogP contribution in [0.2, 0.25) is 0 Å². The Hall–Kier alpha value is -2.30. The summed E-state index contributed by atoms with van der Waals surface area (Å²) in [5, 5.41) is 11.1. The van der Waals surface area contributed by atoms with Gasteiger partial charge in [0.1, 0.15) is 0 Å². The maximum Gasteiger partial charge on any atom is 0.191 e. The van der Waals surface area contributed by atoms with Crippen molar-refractivity contribution in [2.24, 2.45) is 4.99 Å². The molecule has 1 aliphatic carbocycles. The number of aliphatic imine (C=N–C) groups is 1. The van der Waals surface area contributed by atoms with Crippen LogP contribution in [0.1, 0.15) is 17.5 Å². The highest BCUT2D eigenvalue weighted by atomic mass is 15.3. The Bertz CT molecular complexity index is 618. The molecule has 2 N–H and O–H groups in total. The Morgan fingerprint density at radius 1 is 1.32 bits per heavy atom. The van der Waals surface area contributed by atoms with E-state index in [1.54, 1.807) is 6.20 Å². The molecule has 1 aliphatic rings. The fourth-order valence-electron chi connectivity index (χ4n) is 2.93. The molecule has 1 unspecified atom stereocenters. The number of fused-ring (bicyclic) bond motifs is 1. The summed E-state index contributed by atoms with van der Waals surface area (Å²) >= 11 is 0. The van der Waals surface area contributed by atoms with Crippen molar-refractivity contribution in [3.05, 3.63) is 53.9 Å². The highest BCUT2D eigenvalue weighted by Gasteiger charge is 2.18. The first-order chi connectivity index (χ1) is 10.8. The van der Waals surface area contributed by atoms with E-state index < -0.39 is 0 Å². The molecule has 5 heteroatoms. The summed E-state index contributed by atoms with van der Waals surface area (Å²) < 4.78 is 1.91. The van der Waals surface area contributed by atoms with Gasteiger partial charge in [0.15, 0.2) is 5.96 Å². The molecule has 1 aromatic heterocycles. The molecule has 1 aromatic carbocycles. The van der Waals surface area contributed by atoms with E-state index in [-0.39, 0.29) is 0 Å². The number of aryl methyl sites for hydroxylation is 1. The van der Waals surface area contributed by atoms with Crippen LogP contribution in [0.15, 0.2) is 47.7 Å². The number of hydrogen-bond acceptors (Lipinski definition) is 2. The zero-order valence-corrected chi connectivity index (χ0v) is 13.0. The molecule has 0 radical (unpaired) electrons. The number of guanidine groups is 1. The molecule has 2 aromatic rings. The molecular formula is C17H23N5. The largest absolute Gasteiger partial charge is 0.355 e. The van der Waals surface area contributed by atoms with Gasteiger partial charge in [0.05, 0.1) is 6.54 Å². The summed E-state index contributed by atoms with van der Waals surface area (Å²) in [7, 11) is 1.82. The summed E-state index contributed by atoms with van der Waals surface area (Å²) in [5.74, 6) is 0.872. The van der Waals surface area contributed by atoms with Crippen LogP contribution in [0.5, 0.6) is 0 Å². The van der Waals surface area contributed by atoms with Gasteiger partial charge in [-0.05, 0) is 36.5 Å². The van der Waals surface area contributed by atoms with Gasteiger partial charge in [-0.2, -0.15) is 5.10 Å². The van der Waals surface area contributed by atoms with Crippen molar-refractivity contribution in [1.82, 2.24) is 20.4 Å². The molecule has 0 amide bonds. The third kappa shape index (κ3) is 3.67. The second-order valence-electron chi connectivity index (χ2n) is 5.62. The van der Waals surface area contributed by atoms with Crippen molar-refractivity contribution in [2.75, 3.05) is 13.6 Å². The average Bonchev–Trinajstić information content (AvgIpc) is 3.07. The van der Waals surface area contributed by atoms with Gasteiger partial charge in [-0.15, -0.1) is 0 Å². The third-order valence-electron chi connectivity index (χ3n) is 4.10. The second kappa shape index (κ2) is 7.11. The van der Waals surface area contributed by atoms with Gasteiger partial charge in [-0.1, -0.05) is 24.3 Å². The minimum absolute atomic E-state index is 0.450. The lowest BCUT2D eigenvalue weighted by molar-refractivity contribution is 0.516. The predicted octanol–water partition coefficient (Wildman–Crippen LogP) is 1.61. The molecule has 0 spiro atoms. The number of nitrogens with zero attached hydrogens (tertiary/aromatic N) is 3. The highest BCUT2D eigenvalue weighted by molar-refractivity contribution is 5.80. The molecule has 116 valence electrons. The summed E-state index contributed by atoms with van der Waals surface area (Å²) in [5.41, 5.74) is 2.94. The number of aromatic nitrogens is 2. The van der Waals surface area contributed by atoms with E-state index in [1.165, 1.54) is 11.1 Å². The minimum Gasteiger partial charge on any atom is -0.355 e. The van der Waals surface area contributed by atoms with E-state index in [9.17, 15) is 0 Å². The van der Waals surface area contributed by atoms with Crippen LogP contribution in [0.4, 0.5) is 0 Å². The Labute approximate surface area is 131 Å². The maximum absolute atomic E-state index is 4.32. The van der Waals surface area contributed by atoms with Crippen LogP contribution in [-0.2, 0) is 19.4 Å². The molecule has 0 fully saturated rings. The normalized spacial score (nSPS) is 17.9. The van der Waals surface area contributed by atoms with Crippen molar-refractivity contribution in [3.8, 4) is 0 Å². The molecule has 3 rings (SSSR count). The van der Waals surface area contributed by atoms with Crippen molar-refractivity contribution in [1.29, 1.82) is 0 Å². The van der Waals surface area contributed by atoms with Crippen LogP contribution >= 0.6 is 0 Å². The van der Waals surface area contributed by atoms with Crippen LogP contribution in [0.25, 0.3) is 0 Å². The zero-order chi connectivity index (χ0) is 15.2. The fourth-order valence-corrected chi connectivity index (χ4v) is 2.93. The van der Waals surface area contributed by atoms with Crippen LogP contribution in [0, 0.1) is 0 Å². The SMILES string of the molecule is CN=C(NCCn1cccn1)NC1CCc2ccccc2C1. The molecule has 0 saturated heterocycles. The Kier molecular flexibility index (Phi) is 4.73. The van der Waals surface area contributed by atoms with E-state index in [0.29, 0.717) is 6.04 Å². The van der Waals surface area contributed by atoms with Gasteiger partial charge in [0, 0.05) is 32.0 Å². The zero-order valence-electron chi connectivity index (χ0n) is 13.0. The van der Waals surface area contributed by atoms with E-state index in [2.05, 4.69) is 45.0 Å². The summed E-state index contributed by atoms with van der Waals surface area (Å²) in [6, 6.07) is 11.1. The molecule has 1 atom stereocenters. The van der Waals surface area contributed by atoms with Crippen LogP contribution < -0.4 is 10.6 Å². The Morgan fingerprint density at radius 3 is 2.95 bits per heavy atom. The lowest BCUT2D eigenvalue weighted by atomic mass is 9.88. The van der Waals surface area contributed by atoms with Crippen molar-refractivity contribution in [2.45, 2.75) is 31.8 Å². The first-order valence-corrected chi connectivity index (χ1v) is 7.86. The standard InChI is InChI=1S/C17H23N5/c1-18-17(19-10-12-22-11-4-9-20-22)21-16-8-7-14-5-2-3-6-15(14)13-16/h2-6,9,11,16H,7-8,10,12-13H2,1H3,(H2,18,19,21). The quantitative estimate of drug-likeness (QED) is 0.666.